The molecule has 0 spiro atoms. The van der Waals surface area contributed by atoms with E-state index in [1.807, 2.05) is 13.8 Å². The third-order valence-corrected chi connectivity index (χ3v) is 2.46. The smallest absolute Gasteiger partial charge is 0.311 e. The number of nitro groups is 1. The maximum atomic E-state index is 10.8. The van der Waals surface area contributed by atoms with Crippen molar-refractivity contribution in [2.75, 3.05) is 5.32 Å². The zero-order valence-electron chi connectivity index (χ0n) is 10.0. The molecule has 0 unspecified atom stereocenters. The van der Waals surface area contributed by atoms with E-state index in [1.54, 1.807) is 0 Å². The van der Waals surface area contributed by atoms with Gasteiger partial charge in [0.2, 0.25) is 11.7 Å². The monoisotopic (exact) mass is 248 g/mol. The first-order valence-electron chi connectivity index (χ1n) is 5.34. The van der Waals surface area contributed by atoms with Gasteiger partial charge in [0.25, 0.3) is 0 Å². The van der Waals surface area contributed by atoms with Crippen LogP contribution in [0.2, 0.25) is 0 Å². The maximum absolute atomic E-state index is 10.8. The van der Waals surface area contributed by atoms with Gasteiger partial charge in [-0.3, -0.25) is 10.1 Å². The van der Waals surface area contributed by atoms with E-state index in [9.17, 15) is 10.1 Å². The number of hydrogen-bond acceptors (Lipinski definition) is 6. The first-order chi connectivity index (χ1) is 8.58. The summed E-state index contributed by atoms with van der Waals surface area (Å²) in [6, 6.07) is 2.91. The molecule has 2 aromatic rings. The average molecular weight is 248 g/mol. The minimum atomic E-state index is -0.485. The van der Waals surface area contributed by atoms with Crippen LogP contribution in [0.25, 0.3) is 0 Å². The zero-order valence-corrected chi connectivity index (χ0v) is 10.0. The van der Waals surface area contributed by atoms with Crippen LogP contribution in [0.5, 0.6) is 0 Å². The Balaban J connectivity index is 2.13. The van der Waals surface area contributed by atoms with Crippen LogP contribution in [0.3, 0.4) is 0 Å². The lowest BCUT2D eigenvalue weighted by atomic mass is 10.4. The van der Waals surface area contributed by atoms with Crippen molar-refractivity contribution in [2.24, 2.45) is 0 Å². The Kier molecular flexibility index (Phi) is 3.22. The number of nitrogens with zero attached hydrogens (tertiary/aromatic N) is 3. The summed E-state index contributed by atoms with van der Waals surface area (Å²) in [6.07, 6.45) is 1.49. The van der Waals surface area contributed by atoms with Crippen LogP contribution in [0, 0.1) is 24.0 Å². The van der Waals surface area contributed by atoms with Gasteiger partial charge >= 0.3 is 5.69 Å². The van der Waals surface area contributed by atoms with Crippen molar-refractivity contribution in [1.82, 2.24) is 9.97 Å². The number of rotatable bonds is 4. The lowest BCUT2D eigenvalue weighted by Crippen LogP contribution is -2.04. The predicted molar refractivity (Wildman–Crippen MR) is 64.2 cm³/mol. The summed E-state index contributed by atoms with van der Waals surface area (Å²) >= 11 is 0. The molecule has 1 N–H and O–H groups in total. The molecule has 94 valence electrons. The molecule has 7 heteroatoms. The van der Waals surface area contributed by atoms with Gasteiger partial charge in [-0.2, -0.15) is 0 Å². The topological polar surface area (TPSA) is 94.1 Å². The van der Waals surface area contributed by atoms with E-state index >= 15 is 0 Å². The van der Waals surface area contributed by atoms with Gasteiger partial charge in [-0.05, 0) is 19.9 Å². The molecule has 0 aromatic carbocycles. The molecule has 7 nitrogen and oxygen atoms in total. The molecule has 0 saturated carbocycles. The lowest BCUT2D eigenvalue weighted by molar-refractivity contribution is -0.384. The van der Waals surface area contributed by atoms with Crippen LogP contribution in [-0.2, 0) is 6.54 Å². The van der Waals surface area contributed by atoms with Gasteiger partial charge in [0.1, 0.15) is 5.76 Å². The molecule has 0 bridgehead atoms. The van der Waals surface area contributed by atoms with Gasteiger partial charge in [-0.15, -0.1) is 0 Å². The number of aryl methyl sites for hydroxylation is 2. The molecule has 0 aliphatic heterocycles. The van der Waals surface area contributed by atoms with Crippen molar-refractivity contribution >= 4 is 11.5 Å². The molecule has 0 atom stereocenters. The number of oxazole rings is 1. The van der Waals surface area contributed by atoms with E-state index in [0.29, 0.717) is 5.89 Å². The van der Waals surface area contributed by atoms with Crippen LogP contribution in [-0.4, -0.2) is 14.9 Å². The number of hydrogen-bond donors (Lipinski definition) is 1. The summed E-state index contributed by atoms with van der Waals surface area (Å²) in [4.78, 5) is 18.4. The molecular weight excluding hydrogens is 236 g/mol. The van der Waals surface area contributed by atoms with Crippen molar-refractivity contribution < 1.29 is 9.34 Å². The first-order valence-corrected chi connectivity index (χ1v) is 5.34. The zero-order chi connectivity index (χ0) is 13.1. The van der Waals surface area contributed by atoms with Crippen molar-refractivity contribution in [3.8, 4) is 0 Å². The largest absolute Gasteiger partial charge is 0.444 e. The molecule has 0 aliphatic carbocycles. The fraction of sp³-hybridized carbons (Fsp3) is 0.273. The number of nitrogens with one attached hydrogen (secondary N) is 1. The fourth-order valence-corrected chi connectivity index (χ4v) is 1.45. The molecule has 0 fully saturated rings. The van der Waals surface area contributed by atoms with Gasteiger partial charge < -0.3 is 9.73 Å². The van der Waals surface area contributed by atoms with Gasteiger partial charge in [-0.25, -0.2) is 9.97 Å². The normalized spacial score (nSPS) is 10.3. The van der Waals surface area contributed by atoms with E-state index in [0.717, 1.165) is 11.5 Å². The molecule has 2 rings (SSSR count). The average Bonchev–Trinajstić information content (AvgIpc) is 2.66. The second kappa shape index (κ2) is 4.82. The summed E-state index contributed by atoms with van der Waals surface area (Å²) < 4.78 is 5.37. The Bertz CT molecular complexity index is 560. The Labute approximate surface area is 103 Å². The van der Waals surface area contributed by atoms with Crippen molar-refractivity contribution in [3.05, 3.63) is 45.8 Å². The van der Waals surface area contributed by atoms with Gasteiger partial charge in [-0.1, -0.05) is 0 Å². The molecule has 0 saturated heterocycles. The highest BCUT2D eigenvalue weighted by molar-refractivity contribution is 5.54. The van der Waals surface area contributed by atoms with E-state index in [-0.39, 0.29) is 18.1 Å². The first kappa shape index (κ1) is 12.0. The Hall–Kier alpha value is -2.44. The summed E-state index contributed by atoms with van der Waals surface area (Å²) in [6.45, 7) is 3.91. The minimum absolute atomic E-state index is 0.0718. The SMILES string of the molecule is Cc1nc(CNc2ncccc2[N+](=O)[O-])oc1C. The molecule has 0 radical (unpaired) electrons. The van der Waals surface area contributed by atoms with E-state index in [4.69, 9.17) is 4.42 Å². The van der Waals surface area contributed by atoms with E-state index in [1.165, 1.54) is 18.3 Å². The molecule has 2 aromatic heterocycles. The van der Waals surface area contributed by atoms with Crippen LogP contribution in [0.1, 0.15) is 17.3 Å². The van der Waals surface area contributed by atoms with Crippen LogP contribution >= 0.6 is 0 Å². The minimum Gasteiger partial charge on any atom is -0.444 e. The molecule has 0 aliphatic rings. The van der Waals surface area contributed by atoms with E-state index in [2.05, 4.69) is 15.3 Å². The quantitative estimate of drug-likeness (QED) is 0.658. The summed E-state index contributed by atoms with van der Waals surface area (Å²) in [5.74, 6) is 1.42. The molecular formula is C11H12N4O3. The number of aromatic nitrogens is 2. The van der Waals surface area contributed by atoms with Gasteiger partial charge in [0.15, 0.2) is 0 Å². The highest BCUT2D eigenvalue weighted by Crippen LogP contribution is 2.21. The Morgan fingerprint density at radius 3 is 2.89 bits per heavy atom. The Morgan fingerprint density at radius 1 is 1.50 bits per heavy atom. The summed E-state index contributed by atoms with van der Waals surface area (Å²) in [7, 11) is 0. The number of anilines is 1. The van der Waals surface area contributed by atoms with Crippen LogP contribution in [0.4, 0.5) is 11.5 Å². The van der Waals surface area contributed by atoms with E-state index < -0.39 is 4.92 Å². The fourth-order valence-electron chi connectivity index (χ4n) is 1.45. The predicted octanol–water partition coefficient (Wildman–Crippen LogP) is 2.21. The summed E-state index contributed by atoms with van der Waals surface area (Å²) in [5, 5.41) is 13.6. The second-order valence-corrected chi connectivity index (χ2v) is 3.73. The highest BCUT2D eigenvalue weighted by Gasteiger charge is 2.14. The van der Waals surface area contributed by atoms with Gasteiger partial charge in [0, 0.05) is 12.3 Å². The van der Waals surface area contributed by atoms with Gasteiger partial charge in [0.05, 0.1) is 17.2 Å². The standard InChI is InChI=1S/C11H12N4O3/c1-7-8(2)18-10(14-7)6-13-11-9(15(16)17)4-3-5-12-11/h3-5H,6H2,1-2H3,(H,12,13). The molecule has 2 heterocycles. The molecule has 0 amide bonds. The Morgan fingerprint density at radius 2 is 2.28 bits per heavy atom. The summed E-state index contributed by atoms with van der Waals surface area (Å²) in [5.41, 5.74) is 0.736. The van der Waals surface area contributed by atoms with Crippen LogP contribution in [0.15, 0.2) is 22.7 Å². The number of pyridine rings is 1. The third-order valence-electron chi connectivity index (χ3n) is 2.46. The van der Waals surface area contributed by atoms with Crippen LogP contribution < -0.4 is 5.32 Å². The van der Waals surface area contributed by atoms with Crippen molar-refractivity contribution in [1.29, 1.82) is 0 Å². The second-order valence-electron chi connectivity index (χ2n) is 3.73. The maximum Gasteiger partial charge on any atom is 0.311 e. The molecule has 18 heavy (non-hydrogen) atoms. The highest BCUT2D eigenvalue weighted by atomic mass is 16.6. The van der Waals surface area contributed by atoms with Crippen molar-refractivity contribution in [2.45, 2.75) is 20.4 Å². The lowest BCUT2D eigenvalue weighted by Gasteiger charge is -2.02. The third kappa shape index (κ3) is 2.45. The van der Waals surface area contributed by atoms with Crippen molar-refractivity contribution in [3.63, 3.8) is 0 Å².